The summed E-state index contributed by atoms with van der Waals surface area (Å²) in [5.41, 5.74) is 6.85. The standard InChI is InChI=1S/C40H26N3OP/c44-45(28-12-3-1-4-13-28,29-14-5-2-6-15-29)40-35-19-11-18-30(32(35)24-25-41-40)27-22-23-33-31-16-7-8-17-34(31)39-42-36-20-9-10-21-37(36)43(39)38(33)26-27/h1-26H. The largest absolute Gasteiger partial charge is 0.307 e. The fraction of sp³-hybridized carbons (Fsp3) is 0. The van der Waals surface area contributed by atoms with Crippen LogP contribution in [0.1, 0.15) is 0 Å². The molecule has 5 heteroatoms. The van der Waals surface area contributed by atoms with Crippen LogP contribution in [0.4, 0.5) is 0 Å². The summed E-state index contributed by atoms with van der Waals surface area (Å²) in [7, 11) is -3.28. The molecule has 0 bridgehead atoms. The minimum Gasteiger partial charge on any atom is -0.307 e. The smallest absolute Gasteiger partial charge is 0.189 e. The molecule has 0 amide bonds. The van der Waals surface area contributed by atoms with E-state index < -0.39 is 7.14 Å². The summed E-state index contributed by atoms with van der Waals surface area (Å²) in [6.07, 6.45) is 1.80. The molecule has 3 heterocycles. The van der Waals surface area contributed by atoms with E-state index in [1.807, 2.05) is 72.8 Å². The molecule has 0 atom stereocenters. The van der Waals surface area contributed by atoms with Crippen LogP contribution in [0.2, 0.25) is 0 Å². The molecule has 9 aromatic rings. The van der Waals surface area contributed by atoms with Gasteiger partial charge in [0.15, 0.2) is 7.14 Å². The van der Waals surface area contributed by atoms with Crippen LogP contribution in [0.15, 0.2) is 158 Å². The molecule has 0 radical (unpaired) electrons. The molecule has 4 nitrogen and oxygen atoms in total. The molecule has 0 N–H and O–H groups in total. The average Bonchev–Trinajstić information content (AvgIpc) is 3.52. The number of para-hydroxylation sites is 2. The van der Waals surface area contributed by atoms with Gasteiger partial charge < -0.3 is 4.57 Å². The Balaban J connectivity index is 1.33. The van der Waals surface area contributed by atoms with Crippen LogP contribution < -0.4 is 16.0 Å². The predicted molar refractivity (Wildman–Crippen MR) is 188 cm³/mol. The molecule has 0 aliphatic heterocycles. The zero-order valence-electron chi connectivity index (χ0n) is 24.2. The van der Waals surface area contributed by atoms with Gasteiger partial charge in [0.1, 0.15) is 11.1 Å². The highest BCUT2D eigenvalue weighted by molar-refractivity contribution is 7.85. The molecule has 0 saturated heterocycles. The Bertz CT molecular complexity index is 2580. The Morgan fingerprint density at radius 1 is 0.511 bits per heavy atom. The van der Waals surface area contributed by atoms with E-state index >= 15 is 4.57 Å². The van der Waals surface area contributed by atoms with Gasteiger partial charge in [-0.3, -0.25) is 9.38 Å². The van der Waals surface area contributed by atoms with Gasteiger partial charge >= 0.3 is 0 Å². The Kier molecular flexibility index (Phi) is 5.74. The molecule has 0 fully saturated rings. The van der Waals surface area contributed by atoms with Gasteiger partial charge in [-0.2, -0.15) is 0 Å². The number of nitrogens with zero attached hydrogens (tertiary/aromatic N) is 3. The number of benzene rings is 6. The summed E-state index contributed by atoms with van der Waals surface area (Å²) in [6, 6.07) is 51.3. The predicted octanol–water partition coefficient (Wildman–Crippen LogP) is 8.65. The van der Waals surface area contributed by atoms with Crippen LogP contribution in [0, 0.1) is 0 Å². The van der Waals surface area contributed by atoms with Gasteiger partial charge in [-0.15, -0.1) is 0 Å². The van der Waals surface area contributed by atoms with E-state index in [2.05, 4.69) is 83.3 Å². The van der Waals surface area contributed by atoms with Gasteiger partial charge in [-0.1, -0.05) is 127 Å². The first-order valence-corrected chi connectivity index (χ1v) is 16.7. The number of aromatic nitrogens is 3. The van der Waals surface area contributed by atoms with E-state index in [1.165, 1.54) is 10.8 Å². The highest BCUT2D eigenvalue weighted by Crippen LogP contribution is 2.44. The van der Waals surface area contributed by atoms with Crippen molar-refractivity contribution in [1.29, 1.82) is 0 Å². The maximum atomic E-state index is 15.3. The summed E-state index contributed by atoms with van der Waals surface area (Å²) < 4.78 is 17.6. The molecule has 6 aromatic carbocycles. The highest BCUT2D eigenvalue weighted by atomic mass is 31.2. The van der Waals surface area contributed by atoms with Crippen LogP contribution in [-0.4, -0.2) is 14.4 Å². The summed E-state index contributed by atoms with van der Waals surface area (Å²) >= 11 is 0. The van der Waals surface area contributed by atoms with Crippen LogP contribution in [0.25, 0.3) is 60.3 Å². The number of imidazole rings is 1. The number of hydrogen-bond donors (Lipinski definition) is 0. The third-order valence-corrected chi connectivity index (χ3v) is 11.9. The molecular formula is C40H26N3OP. The van der Waals surface area contributed by atoms with Crippen molar-refractivity contribution in [1.82, 2.24) is 14.4 Å². The van der Waals surface area contributed by atoms with E-state index in [0.29, 0.717) is 5.44 Å². The van der Waals surface area contributed by atoms with Gasteiger partial charge in [0, 0.05) is 33.0 Å². The van der Waals surface area contributed by atoms with Crippen LogP contribution in [-0.2, 0) is 4.57 Å². The third-order valence-electron chi connectivity index (χ3n) is 8.89. The summed E-state index contributed by atoms with van der Waals surface area (Å²) in [6.45, 7) is 0. The molecule has 0 aliphatic carbocycles. The topological polar surface area (TPSA) is 47.3 Å². The van der Waals surface area contributed by atoms with E-state index in [0.717, 1.165) is 60.1 Å². The van der Waals surface area contributed by atoms with Gasteiger partial charge in [0.25, 0.3) is 0 Å². The molecule has 0 aliphatic rings. The van der Waals surface area contributed by atoms with Crippen molar-refractivity contribution in [3.8, 4) is 11.1 Å². The first-order valence-electron chi connectivity index (χ1n) is 15.0. The Morgan fingerprint density at radius 2 is 1.18 bits per heavy atom. The summed E-state index contributed by atoms with van der Waals surface area (Å²) in [5.74, 6) is 0. The molecule has 0 unspecified atom stereocenters. The molecular weight excluding hydrogens is 569 g/mol. The number of rotatable bonds is 4. The second-order valence-electron chi connectivity index (χ2n) is 11.4. The summed E-state index contributed by atoms with van der Waals surface area (Å²) in [4.78, 5) is 9.91. The van der Waals surface area contributed by atoms with Crippen LogP contribution >= 0.6 is 7.14 Å². The molecule has 0 saturated carbocycles. The van der Waals surface area contributed by atoms with Crippen molar-refractivity contribution in [2.75, 3.05) is 0 Å². The number of hydrogen-bond acceptors (Lipinski definition) is 3. The number of pyridine rings is 2. The summed E-state index contributed by atoms with van der Waals surface area (Å²) in [5, 5.41) is 6.93. The Hall–Kier alpha value is -5.57. The van der Waals surface area contributed by atoms with E-state index in [4.69, 9.17) is 9.97 Å². The van der Waals surface area contributed by atoms with Gasteiger partial charge in [0.2, 0.25) is 0 Å². The Morgan fingerprint density at radius 3 is 1.96 bits per heavy atom. The zero-order valence-corrected chi connectivity index (χ0v) is 25.1. The van der Waals surface area contributed by atoms with E-state index in [-0.39, 0.29) is 0 Å². The minimum atomic E-state index is -3.28. The molecule has 0 spiro atoms. The lowest BCUT2D eigenvalue weighted by molar-refractivity contribution is 0.592. The zero-order chi connectivity index (χ0) is 30.0. The average molecular weight is 596 g/mol. The van der Waals surface area contributed by atoms with Gasteiger partial charge in [-0.05, 0) is 46.2 Å². The van der Waals surface area contributed by atoms with Gasteiger partial charge in [0.05, 0.1) is 16.6 Å². The first kappa shape index (κ1) is 25.9. The van der Waals surface area contributed by atoms with Crippen LogP contribution in [0.3, 0.4) is 0 Å². The Labute approximate surface area is 259 Å². The van der Waals surface area contributed by atoms with Crippen molar-refractivity contribution < 1.29 is 4.57 Å². The second-order valence-corrected chi connectivity index (χ2v) is 14.0. The SMILES string of the molecule is O=P(c1ccccc1)(c1ccccc1)c1nccc2c(-c3ccc4c5ccccc5c5nc6ccccc6n5c4c3)cccc12. The number of fused-ring (bicyclic) bond motifs is 9. The maximum absolute atomic E-state index is 15.3. The highest BCUT2D eigenvalue weighted by Gasteiger charge is 2.33. The third kappa shape index (κ3) is 3.83. The fourth-order valence-electron chi connectivity index (χ4n) is 6.84. The van der Waals surface area contributed by atoms with Crippen molar-refractivity contribution >= 4 is 72.3 Å². The molecule has 9 rings (SSSR count). The normalized spacial score (nSPS) is 12.1. The van der Waals surface area contributed by atoms with Crippen molar-refractivity contribution in [3.05, 3.63) is 158 Å². The van der Waals surface area contributed by atoms with E-state index in [9.17, 15) is 0 Å². The lowest BCUT2D eigenvalue weighted by atomic mass is 9.97. The quantitative estimate of drug-likeness (QED) is 0.151. The first-order chi connectivity index (χ1) is 22.2. The lowest BCUT2D eigenvalue weighted by Crippen LogP contribution is -2.27. The minimum absolute atomic E-state index is 0.606. The van der Waals surface area contributed by atoms with E-state index in [1.54, 1.807) is 6.20 Å². The lowest BCUT2D eigenvalue weighted by Gasteiger charge is -2.21. The molecule has 3 aromatic heterocycles. The monoisotopic (exact) mass is 595 g/mol. The van der Waals surface area contributed by atoms with Crippen molar-refractivity contribution in [2.45, 2.75) is 0 Å². The van der Waals surface area contributed by atoms with Crippen LogP contribution in [0.5, 0.6) is 0 Å². The van der Waals surface area contributed by atoms with Crippen molar-refractivity contribution in [3.63, 3.8) is 0 Å². The molecule has 45 heavy (non-hydrogen) atoms. The van der Waals surface area contributed by atoms with Gasteiger partial charge in [-0.25, -0.2) is 4.98 Å². The molecule has 212 valence electrons. The maximum Gasteiger partial charge on any atom is 0.189 e. The van der Waals surface area contributed by atoms with Crippen molar-refractivity contribution in [2.24, 2.45) is 0 Å². The second kappa shape index (κ2) is 9.99. The fourth-order valence-corrected chi connectivity index (χ4v) is 9.57.